The molecular weight excluding hydrogens is 539 g/mol. The molecule has 3 aromatic carbocycles. The molecule has 194 valence electrons. The van der Waals surface area contributed by atoms with Crippen LogP contribution < -0.4 is 10.9 Å². The van der Waals surface area contributed by atoms with E-state index >= 15 is 0 Å². The fourth-order valence-corrected chi connectivity index (χ4v) is 4.95. The van der Waals surface area contributed by atoms with E-state index in [0.717, 1.165) is 0 Å². The summed E-state index contributed by atoms with van der Waals surface area (Å²) in [6, 6.07) is 5.17. The van der Waals surface area contributed by atoms with Crippen molar-refractivity contribution in [3.8, 4) is 11.5 Å². The molecule has 0 aliphatic carbocycles. The lowest BCUT2D eigenvalue weighted by Crippen LogP contribution is -2.13. The second-order valence-electron chi connectivity index (χ2n) is 8.30. The van der Waals surface area contributed by atoms with Crippen LogP contribution in [0.5, 0.6) is 11.5 Å². The van der Waals surface area contributed by atoms with Crippen molar-refractivity contribution in [2.24, 2.45) is 0 Å². The molecule has 5 rings (SSSR count). The van der Waals surface area contributed by atoms with Gasteiger partial charge in [0.1, 0.15) is 0 Å². The lowest BCUT2D eigenvalue weighted by Gasteiger charge is -2.14. The number of phenols is 2. The maximum absolute atomic E-state index is 13.6. The van der Waals surface area contributed by atoms with Crippen molar-refractivity contribution in [2.75, 3.05) is 13.2 Å². The van der Waals surface area contributed by atoms with Gasteiger partial charge in [0.05, 0.1) is 57.2 Å². The first kappa shape index (κ1) is 25.4. The Labute approximate surface area is 222 Å². The Hall–Kier alpha value is -4.28. The fourth-order valence-electron chi connectivity index (χ4n) is 4.51. The van der Waals surface area contributed by atoms with Crippen LogP contribution in [0, 0.1) is 0 Å². The summed E-state index contributed by atoms with van der Waals surface area (Å²) in [6.07, 6.45) is 0. The largest absolute Gasteiger partial charge is 0.505 e. The molecule has 12 heteroatoms. The van der Waals surface area contributed by atoms with Gasteiger partial charge in [-0.25, -0.2) is 9.59 Å². The molecule has 0 atom stereocenters. The SMILES string of the molecule is CCOC(=O)c1cc(Cl)cc2c(=O)c3c(O)c4[nH]c5c(C(=O)OCC)cc(Cl)cc5c(=O)c4c(O)c3[nH]c12. The summed E-state index contributed by atoms with van der Waals surface area (Å²) >= 11 is 12.3. The Morgan fingerprint density at radius 2 is 1.08 bits per heavy atom. The van der Waals surface area contributed by atoms with Gasteiger partial charge < -0.3 is 29.7 Å². The molecule has 0 radical (unpaired) electrons. The summed E-state index contributed by atoms with van der Waals surface area (Å²) in [5, 5.41) is 21.7. The zero-order valence-electron chi connectivity index (χ0n) is 19.8. The predicted molar refractivity (Wildman–Crippen MR) is 143 cm³/mol. The molecule has 0 aliphatic heterocycles. The number of pyridine rings is 2. The van der Waals surface area contributed by atoms with Crippen LogP contribution in [-0.2, 0) is 9.47 Å². The molecule has 0 saturated carbocycles. The van der Waals surface area contributed by atoms with Crippen LogP contribution in [0.3, 0.4) is 0 Å². The standard InChI is InChI=1S/C26H18Cl2N2O8/c1-3-37-25(35)13-7-9(27)5-11-17(13)29-19-15(21(11)31)24(34)20-16(23(19)33)22(32)12-6-10(28)8-14(18(12)30-20)26(36)38-4-2/h5-8,33-34H,3-4H2,1-2H3,(H,29,31)(H,30,32). The third-order valence-electron chi connectivity index (χ3n) is 6.09. The van der Waals surface area contributed by atoms with E-state index in [9.17, 15) is 29.4 Å². The molecule has 0 spiro atoms. The molecule has 38 heavy (non-hydrogen) atoms. The molecule has 0 saturated heterocycles. The number of aromatic amines is 2. The van der Waals surface area contributed by atoms with Gasteiger partial charge in [-0.05, 0) is 38.1 Å². The number of esters is 2. The van der Waals surface area contributed by atoms with Gasteiger partial charge in [0.25, 0.3) is 0 Å². The molecule has 0 unspecified atom stereocenters. The predicted octanol–water partition coefficient (Wildman–Crippen LogP) is 4.75. The summed E-state index contributed by atoms with van der Waals surface area (Å²) in [6.45, 7) is 3.32. The van der Waals surface area contributed by atoms with E-state index in [1.165, 1.54) is 24.3 Å². The number of carbonyl (C=O) groups is 2. The first-order chi connectivity index (χ1) is 18.1. The smallest absolute Gasteiger partial charge is 0.340 e. The number of benzene rings is 3. The second kappa shape index (κ2) is 9.23. The van der Waals surface area contributed by atoms with E-state index < -0.39 is 34.3 Å². The molecule has 10 nitrogen and oxygen atoms in total. The average Bonchev–Trinajstić information content (AvgIpc) is 2.87. The third kappa shape index (κ3) is 3.72. The van der Waals surface area contributed by atoms with Gasteiger partial charge in [-0.2, -0.15) is 0 Å². The Balaban J connectivity index is 1.99. The zero-order chi connectivity index (χ0) is 27.5. The quantitative estimate of drug-likeness (QED) is 0.140. The van der Waals surface area contributed by atoms with E-state index in [1.807, 2.05) is 0 Å². The average molecular weight is 557 g/mol. The van der Waals surface area contributed by atoms with Crippen molar-refractivity contribution in [3.05, 3.63) is 65.9 Å². The van der Waals surface area contributed by atoms with Crippen molar-refractivity contribution in [1.82, 2.24) is 9.97 Å². The number of halogens is 2. The molecule has 0 amide bonds. The van der Waals surface area contributed by atoms with Gasteiger partial charge in [-0.1, -0.05) is 23.2 Å². The Morgan fingerprint density at radius 3 is 1.42 bits per heavy atom. The molecule has 2 heterocycles. The molecule has 4 N–H and O–H groups in total. The van der Waals surface area contributed by atoms with Crippen molar-refractivity contribution in [2.45, 2.75) is 13.8 Å². The minimum atomic E-state index is -0.779. The Kier molecular flexibility index (Phi) is 6.16. The third-order valence-corrected chi connectivity index (χ3v) is 6.52. The summed E-state index contributed by atoms with van der Waals surface area (Å²) in [4.78, 5) is 57.8. The van der Waals surface area contributed by atoms with Crippen molar-refractivity contribution >= 4 is 78.8 Å². The summed E-state index contributed by atoms with van der Waals surface area (Å²) < 4.78 is 10.1. The minimum Gasteiger partial charge on any atom is -0.505 e. The van der Waals surface area contributed by atoms with Crippen LogP contribution in [0.25, 0.3) is 43.6 Å². The maximum atomic E-state index is 13.6. The monoisotopic (exact) mass is 556 g/mol. The van der Waals surface area contributed by atoms with Crippen LogP contribution >= 0.6 is 23.2 Å². The topological polar surface area (TPSA) is 159 Å². The number of aromatic hydroxyl groups is 2. The highest BCUT2D eigenvalue weighted by atomic mass is 35.5. The van der Waals surface area contributed by atoms with Gasteiger partial charge in [0.2, 0.25) is 10.9 Å². The number of aromatic nitrogens is 2. The summed E-state index contributed by atoms with van der Waals surface area (Å²) in [5.41, 5.74) is -2.32. The number of hydrogen-bond acceptors (Lipinski definition) is 8. The van der Waals surface area contributed by atoms with Gasteiger partial charge in [-0.3, -0.25) is 9.59 Å². The van der Waals surface area contributed by atoms with Crippen molar-refractivity contribution < 1.29 is 29.3 Å². The van der Waals surface area contributed by atoms with E-state index in [1.54, 1.807) is 13.8 Å². The normalized spacial score (nSPS) is 11.5. The maximum Gasteiger partial charge on any atom is 0.340 e. The number of hydrogen-bond donors (Lipinski definition) is 4. The number of carbonyl (C=O) groups excluding carboxylic acids is 2. The number of rotatable bonds is 4. The lowest BCUT2D eigenvalue weighted by atomic mass is 10.0. The molecule has 0 fully saturated rings. The van der Waals surface area contributed by atoms with Crippen LogP contribution in [0.15, 0.2) is 33.9 Å². The van der Waals surface area contributed by atoms with E-state index in [2.05, 4.69) is 9.97 Å². The van der Waals surface area contributed by atoms with Crippen LogP contribution in [-0.4, -0.2) is 45.3 Å². The van der Waals surface area contributed by atoms with Crippen LogP contribution in [0.2, 0.25) is 10.0 Å². The van der Waals surface area contributed by atoms with Crippen molar-refractivity contribution in [1.29, 1.82) is 0 Å². The number of fused-ring (bicyclic) bond motifs is 4. The van der Waals surface area contributed by atoms with E-state index in [4.69, 9.17) is 32.7 Å². The first-order valence-corrected chi connectivity index (χ1v) is 12.1. The second-order valence-corrected chi connectivity index (χ2v) is 9.17. The molecule has 5 aromatic rings. The lowest BCUT2D eigenvalue weighted by molar-refractivity contribution is 0.0518. The number of ether oxygens (including phenoxy) is 2. The highest BCUT2D eigenvalue weighted by Gasteiger charge is 2.25. The number of phenolic OH excluding ortho intramolecular Hbond substituents is 2. The highest BCUT2D eigenvalue weighted by Crippen LogP contribution is 2.39. The molecule has 0 aliphatic rings. The summed E-state index contributed by atoms with van der Waals surface area (Å²) in [5.74, 6) is -2.89. The van der Waals surface area contributed by atoms with Gasteiger partial charge >= 0.3 is 11.9 Å². The first-order valence-electron chi connectivity index (χ1n) is 11.4. The highest BCUT2D eigenvalue weighted by molar-refractivity contribution is 6.32. The molecular formula is C26H18Cl2N2O8. The van der Waals surface area contributed by atoms with Crippen LogP contribution in [0.4, 0.5) is 0 Å². The van der Waals surface area contributed by atoms with E-state index in [0.29, 0.717) is 0 Å². The number of nitrogens with one attached hydrogen (secondary N) is 2. The molecule has 2 aromatic heterocycles. The Morgan fingerprint density at radius 1 is 0.711 bits per heavy atom. The van der Waals surface area contributed by atoms with E-state index in [-0.39, 0.29) is 78.0 Å². The van der Waals surface area contributed by atoms with Gasteiger partial charge in [0, 0.05) is 20.8 Å². The van der Waals surface area contributed by atoms with Gasteiger partial charge in [0.15, 0.2) is 11.5 Å². The minimum absolute atomic E-state index is 0.00994. The van der Waals surface area contributed by atoms with Crippen LogP contribution in [0.1, 0.15) is 34.6 Å². The fraction of sp³-hybridized carbons (Fsp3) is 0.154. The summed E-state index contributed by atoms with van der Waals surface area (Å²) in [7, 11) is 0. The van der Waals surface area contributed by atoms with Crippen molar-refractivity contribution in [3.63, 3.8) is 0 Å². The Bertz CT molecular complexity index is 1830. The molecule has 0 bridgehead atoms. The van der Waals surface area contributed by atoms with Gasteiger partial charge in [-0.15, -0.1) is 0 Å². The number of H-pyrrole nitrogens is 2. The zero-order valence-corrected chi connectivity index (χ0v) is 21.3.